The van der Waals surface area contributed by atoms with Gasteiger partial charge in [-0.3, -0.25) is 64.3 Å². The minimum Gasteiger partial charge on any atom is -0.423 e. The molecule has 0 atom stereocenters. The molecule has 0 amide bonds. The van der Waals surface area contributed by atoms with Crippen LogP contribution in [0.15, 0.2) is 330 Å². The Morgan fingerprint density at radius 3 is 1.05 bits per heavy atom. The molecule has 0 radical (unpaired) electrons. The van der Waals surface area contributed by atoms with Crippen molar-refractivity contribution < 1.29 is 19.4 Å². The number of benzene rings is 6. The fourth-order valence-corrected chi connectivity index (χ4v) is 17.2. The van der Waals surface area contributed by atoms with Crippen LogP contribution in [0.1, 0.15) is 55.5 Å². The first-order valence-corrected chi connectivity index (χ1v) is 46.8. The molecular weight excluding hydrogens is 1970 g/mol. The maximum absolute atomic E-state index is 8.54. The minimum absolute atomic E-state index is 0.372. The number of rotatable bonds is 11. The summed E-state index contributed by atoms with van der Waals surface area (Å²) in [6, 6.07) is 62.1. The van der Waals surface area contributed by atoms with Crippen molar-refractivity contribution in [1.82, 2.24) is 110 Å². The molecule has 0 saturated carbocycles. The van der Waals surface area contributed by atoms with Gasteiger partial charge in [0.2, 0.25) is 0 Å². The molecule has 23 rings (SSSR count). The lowest BCUT2D eigenvalue weighted by Crippen LogP contribution is -2.41. The van der Waals surface area contributed by atoms with Gasteiger partial charge in [0.25, 0.3) is 0 Å². The quantitative estimate of drug-likeness (QED) is 0.0655. The number of hydrogen-bond donors (Lipinski definition) is 6. The van der Waals surface area contributed by atoms with E-state index >= 15 is 0 Å². The van der Waals surface area contributed by atoms with Crippen molar-refractivity contribution in [3.63, 3.8) is 0 Å². The number of fused-ring (bicyclic) bond motifs is 6. The van der Waals surface area contributed by atoms with Gasteiger partial charge in [-0.15, -0.1) is 0 Å². The van der Waals surface area contributed by atoms with Crippen molar-refractivity contribution in [3.8, 4) is 101 Å². The van der Waals surface area contributed by atoms with Gasteiger partial charge in [0.05, 0.1) is 60.9 Å². The predicted octanol–water partition coefficient (Wildman–Crippen LogP) is 22.6. The molecule has 6 aromatic carbocycles. The standard InChI is InChI=1S/C26H20N6.C25H18N6.C21H23BN4O2.2C11H9BrN2.C6H5Br2N.C5H6BNO2/c1-16-20(14-28-15-21(16)18-6-5-11-27-13-18)17-9-10-24-19(12-17)25(31-32(24)2)26-29-22-7-3-4-8-23(22)30-26;1-15-19(13-27-14-20(15)17-5-4-10-26-12-17)16-8-9-21-18(11-16)24(31-30-21)25-28-22-6-2-3-7-23(22)29-25;1-20(2)21(3,4)28-22(27-20)13-10-11-17-14(12-13)18(25-26(17)5)19-23-15-8-6-7-9-16(15)24-19;2*1-8-10(6-14-7-11(8)12)9-3-2-4-13-5-9;1-4-5(7)2-9-3-6(4)8;8-6(9)5-2-1-3-7-4-5/h3-15H,1-2H3,(H,29,30);2-14H,1H3,(H,28,29)(H,30,31);6-12H,1-5H3,(H,23,24);2*2-7H,1H3;2-3H,1H3;1-4,8-9H. The van der Waals surface area contributed by atoms with Crippen LogP contribution in [0, 0.1) is 34.6 Å². The van der Waals surface area contributed by atoms with Crippen LogP contribution in [0.4, 0.5) is 0 Å². The molecule has 17 heterocycles. The third-order valence-corrected chi connectivity index (χ3v) is 27.2. The highest BCUT2D eigenvalue weighted by molar-refractivity contribution is 9.11. The van der Waals surface area contributed by atoms with Gasteiger partial charge in [-0.2, -0.15) is 15.3 Å². The smallest absolute Gasteiger partial charge is 0.423 e. The van der Waals surface area contributed by atoms with Gasteiger partial charge >= 0.3 is 14.2 Å². The maximum Gasteiger partial charge on any atom is 0.494 e. The molecular formula is C105H90B2Br4N22O4. The summed E-state index contributed by atoms with van der Waals surface area (Å²) in [5, 5.41) is 37.3. The number of nitrogens with zero attached hydrogens (tertiary/aromatic N) is 18. The van der Waals surface area contributed by atoms with Crippen LogP contribution in [0.2, 0.25) is 0 Å². The topological polar surface area (TPSA) is 338 Å². The first-order valence-electron chi connectivity index (χ1n) is 43.7. The Bertz CT molecular complexity index is 7810. The van der Waals surface area contributed by atoms with E-state index in [0.29, 0.717) is 5.46 Å². The molecule has 0 bridgehead atoms. The minimum atomic E-state index is -1.40. The van der Waals surface area contributed by atoms with E-state index in [0.717, 1.165) is 196 Å². The van der Waals surface area contributed by atoms with Gasteiger partial charge in [0.15, 0.2) is 17.5 Å². The second-order valence-corrected chi connectivity index (χ2v) is 36.8. The van der Waals surface area contributed by atoms with Crippen LogP contribution in [0.3, 0.4) is 0 Å². The molecule has 1 fully saturated rings. The van der Waals surface area contributed by atoms with Crippen LogP contribution < -0.4 is 10.9 Å². The van der Waals surface area contributed by atoms with E-state index in [9.17, 15) is 0 Å². The Labute approximate surface area is 823 Å². The normalized spacial score (nSPS) is 12.3. The van der Waals surface area contributed by atoms with Crippen molar-refractivity contribution in [3.05, 3.63) is 358 Å². The van der Waals surface area contributed by atoms with Crippen LogP contribution >= 0.6 is 63.7 Å². The Morgan fingerprint density at radius 2 is 0.672 bits per heavy atom. The SMILES string of the molecule is Cc1c(-c2cccnc2)cncc1-c1ccc2[nH]nc(-c3nc4ccccc4[nH]3)c2c1.Cc1c(-c2cccnc2)cncc1-c1ccc2c(c1)c(-c1nc3ccccc3[nH]1)nn2C.Cc1c(Br)cncc1-c1cccnc1.Cc1c(Br)cncc1-c1cccnc1.Cc1c(Br)cncc1Br.Cn1nc(-c2nc3ccccc3[nH]2)c2cc(B3OC(C)(C)C(C)(C)O3)ccc21.OB(O)c1cccnc1. The van der Waals surface area contributed by atoms with Crippen molar-refractivity contribution in [1.29, 1.82) is 0 Å². The number of aromatic nitrogens is 22. The predicted molar refractivity (Wildman–Crippen MR) is 559 cm³/mol. The van der Waals surface area contributed by atoms with Crippen molar-refractivity contribution >= 4 is 155 Å². The summed E-state index contributed by atoms with van der Waals surface area (Å²) in [5.74, 6) is 2.29. The second kappa shape index (κ2) is 41.8. The molecule has 678 valence electrons. The van der Waals surface area contributed by atoms with E-state index in [-0.39, 0.29) is 11.2 Å². The number of hydrogen-bond acceptors (Lipinski definition) is 20. The average molecular weight is 2070 g/mol. The summed E-state index contributed by atoms with van der Waals surface area (Å²) in [5.41, 5.74) is 30.9. The number of H-pyrrole nitrogens is 4. The van der Waals surface area contributed by atoms with Gasteiger partial charge in [-0.1, -0.05) is 91.0 Å². The van der Waals surface area contributed by atoms with E-state index in [1.807, 2.05) is 202 Å². The van der Waals surface area contributed by atoms with E-state index in [1.54, 1.807) is 67.9 Å². The number of aromatic amines is 4. The Balaban J connectivity index is 0.000000116. The average Bonchev–Trinajstić information content (AvgIpc) is 1.60. The van der Waals surface area contributed by atoms with E-state index in [2.05, 4.69) is 261 Å². The van der Waals surface area contributed by atoms with E-state index < -0.39 is 14.2 Å². The lowest BCUT2D eigenvalue weighted by Gasteiger charge is -2.32. The second-order valence-electron chi connectivity index (χ2n) is 33.3. The van der Waals surface area contributed by atoms with E-state index in [4.69, 9.17) is 44.5 Å². The molecule has 1 aliphatic heterocycles. The maximum atomic E-state index is 8.54. The molecule has 137 heavy (non-hydrogen) atoms. The number of para-hydroxylation sites is 6. The third-order valence-electron chi connectivity index (χ3n) is 24.0. The molecule has 6 N–H and O–H groups in total. The van der Waals surface area contributed by atoms with Gasteiger partial charge in [0.1, 0.15) is 17.1 Å². The Kier molecular flexibility index (Phi) is 28.8. The van der Waals surface area contributed by atoms with Crippen LogP contribution in [0.25, 0.3) is 167 Å². The van der Waals surface area contributed by atoms with Crippen molar-refractivity contribution in [2.75, 3.05) is 0 Å². The number of nitrogens with one attached hydrogen (secondary N) is 4. The lowest BCUT2D eigenvalue weighted by atomic mass is 9.78. The molecule has 0 unspecified atom stereocenters. The van der Waals surface area contributed by atoms with Crippen molar-refractivity contribution in [2.24, 2.45) is 14.1 Å². The summed E-state index contributed by atoms with van der Waals surface area (Å²) in [4.78, 5) is 66.0. The summed E-state index contributed by atoms with van der Waals surface area (Å²) in [6.45, 7) is 18.7. The number of halogens is 4. The number of pyridine rings is 10. The summed E-state index contributed by atoms with van der Waals surface area (Å²) in [7, 11) is 2.10. The zero-order chi connectivity index (χ0) is 95.6. The Morgan fingerprint density at radius 1 is 0.328 bits per heavy atom. The number of imidazole rings is 3. The highest BCUT2D eigenvalue weighted by atomic mass is 79.9. The molecule has 32 heteroatoms. The number of aryl methyl sites for hydroxylation is 2. The van der Waals surface area contributed by atoms with Gasteiger partial charge < -0.3 is 34.3 Å². The van der Waals surface area contributed by atoms with E-state index in [1.165, 1.54) is 28.5 Å². The first kappa shape index (κ1) is 94.3. The first-order chi connectivity index (χ1) is 66.3. The zero-order valence-electron chi connectivity index (χ0n) is 76.4. The monoisotopic (exact) mass is 2060 g/mol. The molecule has 0 spiro atoms. The van der Waals surface area contributed by atoms with Gasteiger partial charge in [-0.25, -0.2) is 15.0 Å². The van der Waals surface area contributed by atoms with Gasteiger partial charge in [0, 0.05) is 233 Å². The molecule has 22 aromatic rings. The highest BCUT2D eigenvalue weighted by Crippen LogP contribution is 2.41. The largest absolute Gasteiger partial charge is 0.494 e. The fraction of sp³-hybridized carbons (Fsp3) is 0.124. The summed E-state index contributed by atoms with van der Waals surface area (Å²) in [6.07, 6.45) is 36.0. The van der Waals surface area contributed by atoms with Crippen LogP contribution in [0.5, 0.6) is 0 Å². The molecule has 16 aromatic heterocycles. The fourth-order valence-electron chi connectivity index (χ4n) is 15.6. The summed E-state index contributed by atoms with van der Waals surface area (Å²) >= 11 is 13.6. The zero-order valence-corrected chi connectivity index (χ0v) is 82.7. The Hall–Kier alpha value is -14.5. The molecule has 26 nitrogen and oxygen atoms in total. The lowest BCUT2D eigenvalue weighted by molar-refractivity contribution is 0.00578. The summed E-state index contributed by atoms with van der Waals surface area (Å²) < 4.78 is 20.4. The van der Waals surface area contributed by atoms with Gasteiger partial charge in [-0.05, 0) is 268 Å². The molecule has 1 saturated heterocycles. The molecule has 1 aliphatic rings. The molecule has 0 aliphatic carbocycles. The van der Waals surface area contributed by atoms with Crippen molar-refractivity contribution in [2.45, 2.75) is 73.5 Å². The van der Waals surface area contributed by atoms with Crippen LogP contribution in [-0.4, -0.2) is 145 Å². The third kappa shape index (κ3) is 21.0. The van der Waals surface area contributed by atoms with Crippen LogP contribution in [-0.2, 0) is 23.4 Å². The highest BCUT2D eigenvalue weighted by Gasteiger charge is 2.52.